The summed E-state index contributed by atoms with van der Waals surface area (Å²) in [6, 6.07) is 3.90. The number of aryl methyl sites for hydroxylation is 1. The minimum Gasteiger partial charge on any atom is -0.485 e. The molecule has 0 N–H and O–H groups in total. The third-order valence-corrected chi connectivity index (χ3v) is 4.09. The average Bonchev–Trinajstić information content (AvgIpc) is 2.90. The maximum absolute atomic E-state index is 12.9. The minimum atomic E-state index is -2.86. The van der Waals surface area contributed by atoms with Gasteiger partial charge in [-0.15, -0.1) is 0 Å². The van der Waals surface area contributed by atoms with Gasteiger partial charge in [0.2, 0.25) is 0 Å². The van der Waals surface area contributed by atoms with Gasteiger partial charge in [0.1, 0.15) is 5.75 Å². The molecule has 0 aliphatic carbocycles. The van der Waals surface area contributed by atoms with Crippen LogP contribution in [0.5, 0.6) is 5.75 Å². The summed E-state index contributed by atoms with van der Waals surface area (Å²) in [5.41, 5.74) is 4.02. The van der Waals surface area contributed by atoms with E-state index in [0.29, 0.717) is 12.3 Å². The van der Waals surface area contributed by atoms with Crippen molar-refractivity contribution in [1.82, 2.24) is 15.0 Å². The molecule has 1 aliphatic rings. The lowest BCUT2D eigenvalue weighted by atomic mass is 10.2. The van der Waals surface area contributed by atoms with E-state index in [1.54, 1.807) is 6.20 Å². The van der Waals surface area contributed by atoms with Gasteiger partial charge in [-0.25, -0.2) is 13.8 Å². The fraction of sp³-hybridized carbons (Fsp3) is 0.444. The van der Waals surface area contributed by atoms with Gasteiger partial charge in [0.15, 0.2) is 6.61 Å². The number of rotatable bonds is 6. The molecule has 2 aromatic heterocycles. The summed E-state index contributed by atoms with van der Waals surface area (Å²) < 4.78 is 31.1. The molecule has 0 saturated heterocycles. The van der Waals surface area contributed by atoms with Gasteiger partial charge in [-0.2, -0.15) is 0 Å². The maximum Gasteiger partial charge on any atom is 0.278 e. The monoisotopic (exact) mass is 348 g/mol. The molecule has 5 nitrogen and oxygen atoms in total. The van der Waals surface area contributed by atoms with E-state index < -0.39 is 12.5 Å². The molecular formula is C18H22F2N4O. The molecule has 0 aromatic carbocycles. The summed E-state index contributed by atoms with van der Waals surface area (Å²) in [6.07, 6.45) is 5.21. The van der Waals surface area contributed by atoms with Crippen molar-refractivity contribution in [3.05, 3.63) is 47.5 Å². The number of hydrogen-bond donors (Lipinski definition) is 0. The number of anilines is 1. The zero-order valence-electron chi connectivity index (χ0n) is 14.7. The molecule has 0 radical (unpaired) electrons. The number of hydrazine groups is 1. The number of aromatic nitrogens is 2. The van der Waals surface area contributed by atoms with Crippen molar-refractivity contribution in [3.63, 3.8) is 0 Å². The zero-order valence-corrected chi connectivity index (χ0v) is 14.7. The summed E-state index contributed by atoms with van der Waals surface area (Å²) in [4.78, 5) is 8.57. The minimum absolute atomic E-state index is 0.395. The van der Waals surface area contributed by atoms with Crippen molar-refractivity contribution in [2.75, 3.05) is 18.2 Å². The molecule has 2 aromatic rings. The number of ether oxygens (including phenoxy) is 1. The Hall–Kier alpha value is -2.28. The van der Waals surface area contributed by atoms with Crippen molar-refractivity contribution >= 4 is 5.69 Å². The van der Waals surface area contributed by atoms with Gasteiger partial charge in [-0.1, -0.05) is 0 Å². The van der Waals surface area contributed by atoms with E-state index in [9.17, 15) is 8.78 Å². The molecule has 0 bridgehead atoms. The average molecular weight is 348 g/mol. The third kappa shape index (κ3) is 4.04. The Morgan fingerprint density at radius 1 is 1.32 bits per heavy atom. The van der Waals surface area contributed by atoms with Crippen LogP contribution in [0.3, 0.4) is 0 Å². The molecule has 0 atom stereocenters. The molecule has 134 valence electrons. The predicted molar refractivity (Wildman–Crippen MR) is 91.6 cm³/mol. The number of halogens is 2. The highest BCUT2D eigenvalue weighted by Crippen LogP contribution is 2.31. The van der Waals surface area contributed by atoms with Crippen LogP contribution in [-0.2, 0) is 13.1 Å². The van der Waals surface area contributed by atoms with E-state index in [0.717, 1.165) is 31.3 Å². The molecule has 0 amide bonds. The first kappa shape index (κ1) is 17.5. The van der Waals surface area contributed by atoms with Crippen LogP contribution >= 0.6 is 0 Å². The Balaban J connectivity index is 1.71. The second kappa shape index (κ2) is 6.92. The van der Waals surface area contributed by atoms with Crippen LogP contribution in [0, 0.1) is 6.92 Å². The van der Waals surface area contributed by atoms with Crippen LogP contribution < -0.4 is 9.75 Å². The SMILES string of the molecule is CCN1c2ccncc2CN1Cc1cc(C)c(OCC(C)(F)F)cn1. The molecule has 0 saturated carbocycles. The number of hydrogen-bond acceptors (Lipinski definition) is 5. The first-order valence-corrected chi connectivity index (χ1v) is 8.29. The Kier molecular flexibility index (Phi) is 4.85. The molecule has 7 heteroatoms. The van der Waals surface area contributed by atoms with E-state index in [1.165, 1.54) is 17.4 Å². The van der Waals surface area contributed by atoms with Gasteiger partial charge in [0.25, 0.3) is 5.92 Å². The first-order chi connectivity index (χ1) is 11.9. The van der Waals surface area contributed by atoms with Crippen LogP contribution in [0.1, 0.15) is 30.7 Å². The molecule has 1 aliphatic heterocycles. The van der Waals surface area contributed by atoms with Gasteiger partial charge in [-0.3, -0.25) is 9.97 Å². The van der Waals surface area contributed by atoms with Gasteiger partial charge in [-0.05, 0) is 31.5 Å². The van der Waals surface area contributed by atoms with Crippen molar-refractivity contribution in [2.45, 2.75) is 39.8 Å². The quantitative estimate of drug-likeness (QED) is 0.798. The van der Waals surface area contributed by atoms with Crippen molar-refractivity contribution in [2.24, 2.45) is 0 Å². The standard InChI is InChI=1S/C18H22F2N4O/c1-4-24-16-5-6-21-8-14(16)10-23(24)11-15-7-13(2)17(9-22-15)25-12-18(3,19)20/h5-9H,4,10-12H2,1-3H3. The van der Waals surface area contributed by atoms with Gasteiger partial charge in [0.05, 0.1) is 24.1 Å². The lowest BCUT2D eigenvalue weighted by molar-refractivity contribution is -0.0232. The van der Waals surface area contributed by atoms with Crippen LogP contribution in [0.15, 0.2) is 30.7 Å². The second-order valence-corrected chi connectivity index (χ2v) is 6.34. The van der Waals surface area contributed by atoms with E-state index in [2.05, 4.69) is 26.9 Å². The number of alkyl halides is 2. The van der Waals surface area contributed by atoms with E-state index >= 15 is 0 Å². The van der Waals surface area contributed by atoms with E-state index in [1.807, 2.05) is 25.3 Å². The lowest BCUT2D eigenvalue weighted by Gasteiger charge is -2.29. The van der Waals surface area contributed by atoms with Crippen molar-refractivity contribution in [3.8, 4) is 5.75 Å². The highest BCUT2D eigenvalue weighted by molar-refractivity contribution is 5.54. The van der Waals surface area contributed by atoms with Crippen LogP contribution in [0.4, 0.5) is 14.5 Å². The van der Waals surface area contributed by atoms with Crippen molar-refractivity contribution in [1.29, 1.82) is 0 Å². The van der Waals surface area contributed by atoms with Crippen LogP contribution in [0.2, 0.25) is 0 Å². The third-order valence-electron chi connectivity index (χ3n) is 4.09. The Morgan fingerprint density at radius 2 is 2.12 bits per heavy atom. The number of pyridine rings is 2. The largest absolute Gasteiger partial charge is 0.485 e. The summed E-state index contributed by atoms with van der Waals surface area (Å²) in [5.74, 6) is -2.46. The molecule has 0 spiro atoms. The fourth-order valence-electron chi connectivity index (χ4n) is 2.97. The molecule has 25 heavy (non-hydrogen) atoms. The Labute approximate surface area is 146 Å². The summed E-state index contributed by atoms with van der Waals surface area (Å²) in [7, 11) is 0. The number of nitrogens with zero attached hydrogens (tertiary/aromatic N) is 4. The van der Waals surface area contributed by atoms with Crippen LogP contribution in [0.25, 0.3) is 0 Å². The highest BCUT2D eigenvalue weighted by Gasteiger charge is 2.26. The Morgan fingerprint density at radius 3 is 2.80 bits per heavy atom. The lowest BCUT2D eigenvalue weighted by Crippen LogP contribution is -2.37. The molecular weight excluding hydrogens is 326 g/mol. The van der Waals surface area contributed by atoms with Gasteiger partial charge >= 0.3 is 0 Å². The van der Waals surface area contributed by atoms with E-state index in [4.69, 9.17) is 4.74 Å². The second-order valence-electron chi connectivity index (χ2n) is 6.34. The molecule has 3 rings (SSSR count). The Bertz CT molecular complexity index is 748. The summed E-state index contributed by atoms with van der Waals surface area (Å²) >= 11 is 0. The summed E-state index contributed by atoms with van der Waals surface area (Å²) in [6.45, 7) is 6.39. The normalized spacial score (nSPS) is 14.7. The first-order valence-electron chi connectivity index (χ1n) is 8.29. The fourth-order valence-corrected chi connectivity index (χ4v) is 2.97. The molecule has 0 fully saturated rings. The molecule has 3 heterocycles. The maximum atomic E-state index is 12.9. The van der Waals surface area contributed by atoms with E-state index in [-0.39, 0.29) is 0 Å². The van der Waals surface area contributed by atoms with Crippen LogP contribution in [-0.4, -0.2) is 34.1 Å². The van der Waals surface area contributed by atoms with Crippen molar-refractivity contribution < 1.29 is 13.5 Å². The molecule has 0 unspecified atom stereocenters. The zero-order chi connectivity index (χ0) is 18.0. The topological polar surface area (TPSA) is 41.5 Å². The smallest absolute Gasteiger partial charge is 0.278 e. The van der Waals surface area contributed by atoms with Gasteiger partial charge < -0.3 is 9.75 Å². The predicted octanol–water partition coefficient (Wildman–Crippen LogP) is 3.58. The summed E-state index contributed by atoms with van der Waals surface area (Å²) in [5, 5.41) is 4.41. The highest BCUT2D eigenvalue weighted by atomic mass is 19.3. The number of fused-ring (bicyclic) bond motifs is 1. The van der Waals surface area contributed by atoms with Gasteiger partial charge in [0, 0.05) is 38.0 Å².